The largest absolute Gasteiger partial charge is 0.385 e. The third kappa shape index (κ3) is 3.56. The first-order chi connectivity index (χ1) is 8.25. The van der Waals surface area contributed by atoms with E-state index in [4.69, 9.17) is 0 Å². The Kier molecular flexibility index (Phi) is 4.15. The molecule has 1 aromatic carbocycles. The fourth-order valence-corrected chi connectivity index (χ4v) is 2.22. The number of carbonyl (C=O) groups is 1. The molecule has 92 valence electrons. The second kappa shape index (κ2) is 5.82. The Hall–Kier alpha value is -1.35. The van der Waals surface area contributed by atoms with Crippen molar-refractivity contribution in [3.63, 3.8) is 0 Å². The zero-order valence-electron chi connectivity index (χ0n) is 10.3. The topological polar surface area (TPSA) is 41.1 Å². The maximum atomic E-state index is 11.1. The third-order valence-corrected chi connectivity index (χ3v) is 3.28. The van der Waals surface area contributed by atoms with Gasteiger partial charge in [0.05, 0.1) is 0 Å². The van der Waals surface area contributed by atoms with Gasteiger partial charge in [-0.2, -0.15) is 0 Å². The molecule has 1 aliphatic rings. The molecular formula is C14H20N2O. The molecule has 1 heterocycles. The predicted molar refractivity (Wildman–Crippen MR) is 70.6 cm³/mol. The average Bonchev–Trinajstić information content (AvgIpc) is 2.83. The molecule has 2 N–H and O–H groups in total. The van der Waals surface area contributed by atoms with Crippen molar-refractivity contribution >= 4 is 11.5 Å². The summed E-state index contributed by atoms with van der Waals surface area (Å²) in [5.74, 6) is 0.117. The molecule has 0 bridgehead atoms. The normalized spacial score (nSPS) is 19.2. The van der Waals surface area contributed by atoms with Crippen LogP contribution in [0.25, 0.3) is 0 Å². The maximum Gasteiger partial charge on any atom is 0.159 e. The minimum absolute atomic E-state index is 0.117. The second-order valence-corrected chi connectivity index (χ2v) is 4.64. The van der Waals surface area contributed by atoms with E-state index in [2.05, 4.69) is 10.6 Å². The number of hydrogen-bond donors (Lipinski definition) is 2. The van der Waals surface area contributed by atoms with Gasteiger partial charge in [-0.05, 0) is 57.0 Å². The number of hydrogen-bond acceptors (Lipinski definition) is 3. The molecule has 1 aromatic rings. The first-order valence-corrected chi connectivity index (χ1v) is 6.34. The van der Waals surface area contributed by atoms with Gasteiger partial charge in [0, 0.05) is 23.8 Å². The summed E-state index contributed by atoms with van der Waals surface area (Å²) in [5, 5.41) is 6.87. The molecule has 17 heavy (non-hydrogen) atoms. The Morgan fingerprint density at radius 2 is 2.18 bits per heavy atom. The fourth-order valence-electron chi connectivity index (χ4n) is 2.22. The highest BCUT2D eigenvalue weighted by Crippen LogP contribution is 2.12. The quantitative estimate of drug-likeness (QED) is 0.766. The van der Waals surface area contributed by atoms with E-state index >= 15 is 0 Å². The van der Waals surface area contributed by atoms with E-state index in [-0.39, 0.29) is 5.78 Å². The lowest BCUT2D eigenvalue weighted by Gasteiger charge is -2.11. The van der Waals surface area contributed by atoms with E-state index in [9.17, 15) is 4.79 Å². The molecule has 3 nitrogen and oxygen atoms in total. The summed E-state index contributed by atoms with van der Waals surface area (Å²) in [6.45, 7) is 3.74. The summed E-state index contributed by atoms with van der Waals surface area (Å²) < 4.78 is 0. The predicted octanol–water partition coefficient (Wildman–Crippen LogP) is 2.44. The van der Waals surface area contributed by atoms with Gasteiger partial charge in [0.2, 0.25) is 0 Å². The Balaban J connectivity index is 1.76. The fraction of sp³-hybridized carbons (Fsp3) is 0.500. The number of Topliss-reactive ketones (excluding diaryl/α,β-unsaturated/α-hetero) is 1. The second-order valence-electron chi connectivity index (χ2n) is 4.64. The van der Waals surface area contributed by atoms with Crippen LogP contribution in [0.15, 0.2) is 24.3 Å². The van der Waals surface area contributed by atoms with E-state index in [1.807, 2.05) is 24.3 Å². The Bertz CT molecular complexity index is 366. The van der Waals surface area contributed by atoms with E-state index < -0.39 is 0 Å². The van der Waals surface area contributed by atoms with Crippen LogP contribution in [-0.4, -0.2) is 24.9 Å². The van der Waals surface area contributed by atoms with Crippen molar-refractivity contribution in [1.82, 2.24) is 5.32 Å². The standard InChI is InChI=1S/C14H20N2O/c1-11(17)12-4-6-14(7-5-12)16-10-8-13-3-2-9-15-13/h4-7,13,15-16H,2-3,8-10H2,1H3. The summed E-state index contributed by atoms with van der Waals surface area (Å²) >= 11 is 0. The minimum Gasteiger partial charge on any atom is -0.385 e. The maximum absolute atomic E-state index is 11.1. The zero-order valence-corrected chi connectivity index (χ0v) is 10.3. The van der Waals surface area contributed by atoms with Crippen LogP contribution in [-0.2, 0) is 0 Å². The van der Waals surface area contributed by atoms with Crippen LogP contribution in [0.3, 0.4) is 0 Å². The highest BCUT2D eigenvalue weighted by atomic mass is 16.1. The van der Waals surface area contributed by atoms with Crippen molar-refractivity contribution in [2.45, 2.75) is 32.2 Å². The molecule has 2 rings (SSSR count). The van der Waals surface area contributed by atoms with E-state index in [0.29, 0.717) is 6.04 Å². The van der Waals surface area contributed by atoms with Crippen molar-refractivity contribution in [3.8, 4) is 0 Å². The lowest BCUT2D eigenvalue weighted by Crippen LogP contribution is -2.24. The van der Waals surface area contributed by atoms with Crippen LogP contribution in [0.1, 0.15) is 36.5 Å². The molecule has 1 aliphatic heterocycles. The van der Waals surface area contributed by atoms with E-state index in [1.54, 1.807) is 6.92 Å². The minimum atomic E-state index is 0.117. The molecule has 0 radical (unpaired) electrons. The monoisotopic (exact) mass is 232 g/mol. The van der Waals surface area contributed by atoms with Gasteiger partial charge >= 0.3 is 0 Å². The van der Waals surface area contributed by atoms with Gasteiger partial charge in [0.15, 0.2) is 5.78 Å². The Labute approximate surface area is 103 Å². The van der Waals surface area contributed by atoms with Crippen LogP contribution in [0.4, 0.5) is 5.69 Å². The van der Waals surface area contributed by atoms with E-state index in [1.165, 1.54) is 12.8 Å². The van der Waals surface area contributed by atoms with Crippen molar-refractivity contribution in [3.05, 3.63) is 29.8 Å². The van der Waals surface area contributed by atoms with Gasteiger partial charge < -0.3 is 10.6 Å². The summed E-state index contributed by atoms with van der Waals surface area (Å²) in [6, 6.07) is 8.37. The number of anilines is 1. The van der Waals surface area contributed by atoms with Crippen molar-refractivity contribution < 1.29 is 4.79 Å². The van der Waals surface area contributed by atoms with Crippen molar-refractivity contribution in [2.24, 2.45) is 0 Å². The highest BCUT2D eigenvalue weighted by Gasteiger charge is 2.12. The van der Waals surface area contributed by atoms with Crippen LogP contribution < -0.4 is 10.6 Å². The molecule has 0 aliphatic carbocycles. The summed E-state index contributed by atoms with van der Waals surface area (Å²) in [7, 11) is 0. The lowest BCUT2D eigenvalue weighted by atomic mass is 10.1. The Morgan fingerprint density at radius 3 is 2.76 bits per heavy atom. The molecule has 3 heteroatoms. The summed E-state index contributed by atoms with van der Waals surface area (Å²) in [6.07, 6.45) is 3.76. The van der Waals surface area contributed by atoms with Gasteiger partial charge in [-0.3, -0.25) is 4.79 Å². The smallest absolute Gasteiger partial charge is 0.159 e. The summed E-state index contributed by atoms with van der Waals surface area (Å²) in [4.78, 5) is 11.1. The number of nitrogens with one attached hydrogen (secondary N) is 2. The van der Waals surface area contributed by atoms with Gasteiger partial charge in [-0.1, -0.05) is 0 Å². The number of ketones is 1. The van der Waals surface area contributed by atoms with Gasteiger partial charge in [0.1, 0.15) is 0 Å². The molecule has 0 spiro atoms. The molecular weight excluding hydrogens is 212 g/mol. The molecule has 1 atom stereocenters. The van der Waals surface area contributed by atoms with Crippen molar-refractivity contribution in [1.29, 1.82) is 0 Å². The van der Waals surface area contributed by atoms with Crippen LogP contribution >= 0.6 is 0 Å². The van der Waals surface area contributed by atoms with Crippen LogP contribution in [0.2, 0.25) is 0 Å². The number of benzene rings is 1. The molecule has 0 amide bonds. The SMILES string of the molecule is CC(=O)c1ccc(NCCC2CCCN2)cc1. The van der Waals surface area contributed by atoms with Gasteiger partial charge in [-0.15, -0.1) is 0 Å². The zero-order chi connectivity index (χ0) is 12.1. The molecule has 1 unspecified atom stereocenters. The first-order valence-electron chi connectivity index (χ1n) is 6.34. The van der Waals surface area contributed by atoms with Gasteiger partial charge in [-0.25, -0.2) is 0 Å². The first kappa shape index (κ1) is 12.1. The highest BCUT2D eigenvalue weighted by molar-refractivity contribution is 5.94. The molecule has 0 saturated carbocycles. The van der Waals surface area contributed by atoms with Crippen LogP contribution in [0, 0.1) is 0 Å². The van der Waals surface area contributed by atoms with E-state index in [0.717, 1.165) is 30.8 Å². The average molecular weight is 232 g/mol. The van der Waals surface area contributed by atoms with Crippen molar-refractivity contribution in [2.75, 3.05) is 18.4 Å². The van der Waals surface area contributed by atoms with Gasteiger partial charge in [0.25, 0.3) is 0 Å². The van der Waals surface area contributed by atoms with Crippen LogP contribution in [0.5, 0.6) is 0 Å². The number of carbonyl (C=O) groups excluding carboxylic acids is 1. The summed E-state index contributed by atoms with van der Waals surface area (Å²) in [5.41, 5.74) is 1.86. The molecule has 0 aromatic heterocycles. The lowest BCUT2D eigenvalue weighted by molar-refractivity contribution is 0.101. The molecule has 1 fully saturated rings. The third-order valence-electron chi connectivity index (χ3n) is 3.28. The Morgan fingerprint density at radius 1 is 1.41 bits per heavy atom. The number of rotatable bonds is 5. The molecule has 1 saturated heterocycles.